The van der Waals surface area contributed by atoms with Crippen LogP contribution in [0.25, 0.3) is 10.6 Å². The number of carbonyl (C=O) groups is 1. The van der Waals surface area contributed by atoms with E-state index in [0.717, 1.165) is 17.7 Å². The molecule has 0 aromatic carbocycles. The van der Waals surface area contributed by atoms with Gasteiger partial charge in [0.25, 0.3) is 11.5 Å². The predicted octanol–water partition coefficient (Wildman–Crippen LogP) is 3.77. The number of aryl methyl sites for hydroxylation is 3. The van der Waals surface area contributed by atoms with Gasteiger partial charge in [-0.1, -0.05) is 20.8 Å². The third kappa shape index (κ3) is 4.83. The van der Waals surface area contributed by atoms with E-state index in [-0.39, 0.29) is 22.4 Å². The summed E-state index contributed by atoms with van der Waals surface area (Å²) in [6.07, 6.45) is 0.847. The van der Waals surface area contributed by atoms with Crippen LogP contribution in [0.4, 0.5) is 0 Å². The molecule has 0 aliphatic rings. The Balaban J connectivity index is 2.41. The summed E-state index contributed by atoms with van der Waals surface area (Å²) in [5, 5.41) is 7.89. The number of nitrogens with one attached hydrogen (secondary N) is 1. The lowest BCUT2D eigenvalue weighted by atomic mass is 9.82. The Kier molecular flexibility index (Phi) is 5.66. The predicted molar refractivity (Wildman–Crippen MR) is 110 cm³/mol. The van der Waals surface area contributed by atoms with Gasteiger partial charge in [0.1, 0.15) is 9.88 Å². The Hall–Kier alpha value is -2.02. The van der Waals surface area contributed by atoms with E-state index in [1.165, 1.54) is 16.0 Å². The summed E-state index contributed by atoms with van der Waals surface area (Å²) < 4.78 is 1.32. The summed E-state index contributed by atoms with van der Waals surface area (Å²) in [4.78, 5) is 30.5. The number of hydrogen-bond acceptors (Lipinski definition) is 5. The molecule has 0 atom stereocenters. The Morgan fingerprint density at radius 1 is 1.11 bits per heavy atom. The highest BCUT2D eigenvalue weighted by Crippen LogP contribution is 2.30. The van der Waals surface area contributed by atoms with Gasteiger partial charge in [-0.25, -0.2) is 9.67 Å². The molecule has 6 nitrogen and oxygen atoms in total. The maximum atomic E-state index is 12.9. The SMILES string of the molecule is Cc1nc(-c2c(C)c(C)nn(C)c2=O)sc1C(=O)NC(C)(C)CC(C)(C)C. The van der Waals surface area contributed by atoms with Crippen LogP contribution < -0.4 is 10.9 Å². The standard InChI is InChI=1S/C20H30N4O2S/c1-11-12(2)23-24(9)18(26)14(11)17-21-13(3)15(27-17)16(25)22-20(7,8)10-19(4,5)6/h10H2,1-9H3,(H,22,25). The van der Waals surface area contributed by atoms with Crippen molar-refractivity contribution in [2.24, 2.45) is 12.5 Å². The first-order chi connectivity index (χ1) is 12.2. The van der Waals surface area contributed by atoms with Crippen molar-refractivity contribution in [3.8, 4) is 10.6 Å². The van der Waals surface area contributed by atoms with Crippen molar-refractivity contribution >= 4 is 17.2 Å². The van der Waals surface area contributed by atoms with Gasteiger partial charge in [0.05, 0.1) is 17.0 Å². The highest BCUT2D eigenvalue weighted by Gasteiger charge is 2.29. The normalized spacial score (nSPS) is 12.3. The maximum Gasteiger partial charge on any atom is 0.277 e. The van der Waals surface area contributed by atoms with Crippen LogP contribution >= 0.6 is 11.3 Å². The monoisotopic (exact) mass is 390 g/mol. The molecule has 2 aromatic heterocycles. The van der Waals surface area contributed by atoms with Crippen LogP contribution in [-0.2, 0) is 7.05 Å². The van der Waals surface area contributed by atoms with Crippen molar-refractivity contribution in [2.45, 2.75) is 67.3 Å². The molecule has 2 heterocycles. The summed E-state index contributed by atoms with van der Waals surface area (Å²) in [6.45, 7) is 16.0. The second-order valence-electron chi connectivity index (χ2n) is 9.02. The molecule has 0 radical (unpaired) electrons. The number of hydrogen-bond donors (Lipinski definition) is 1. The van der Waals surface area contributed by atoms with Crippen LogP contribution in [0.15, 0.2) is 4.79 Å². The van der Waals surface area contributed by atoms with E-state index in [2.05, 4.69) is 36.2 Å². The van der Waals surface area contributed by atoms with Gasteiger partial charge in [-0.3, -0.25) is 9.59 Å². The van der Waals surface area contributed by atoms with E-state index >= 15 is 0 Å². The molecule has 27 heavy (non-hydrogen) atoms. The second-order valence-corrected chi connectivity index (χ2v) is 10.0. The fraction of sp³-hybridized carbons (Fsp3) is 0.600. The molecule has 2 rings (SSSR count). The number of nitrogens with zero attached hydrogens (tertiary/aromatic N) is 3. The van der Waals surface area contributed by atoms with E-state index in [0.29, 0.717) is 21.1 Å². The van der Waals surface area contributed by atoms with Gasteiger partial charge in [-0.15, -0.1) is 11.3 Å². The first-order valence-corrected chi connectivity index (χ1v) is 9.88. The summed E-state index contributed by atoms with van der Waals surface area (Å²) in [6, 6.07) is 0. The van der Waals surface area contributed by atoms with E-state index in [4.69, 9.17) is 0 Å². The first kappa shape index (κ1) is 21.3. The molecule has 0 saturated carbocycles. The zero-order chi connectivity index (χ0) is 20.7. The summed E-state index contributed by atoms with van der Waals surface area (Å²) in [5.41, 5.74) is 2.28. The third-order valence-electron chi connectivity index (χ3n) is 4.37. The highest BCUT2D eigenvalue weighted by atomic mass is 32.1. The number of amides is 1. The number of aromatic nitrogens is 3. The lowest BCUT2D eigenvalue weighted by Crippen LogP contribution is -2.45. The molecule has 0 bridgehead atoms. The average molecular weight is 391 g/mol. The third-order valence-corrected chi connectivity index (χ3v) is 5.54. The first-order valence-electron chi connectivity index (χ1n) is 9.07. The molecular weight excluding hydrogens is 360 g/mol. The molecule has 2 aromatic rings. The van der Waals surface area contributed by atoms with Gasteiger partial charge < -0.3 is 5.32 Å². The molecule has 0 aliphatic carbocycles. The Morgan fingerprint density at radius 3 is 2.26 bits per heavy atom. The molecule has 0 aliphatic heterocycles. The van der Waals surface area contributed by atoms with Crippen LogP contribution in [0.1, 0.15) is 67.7 Å². The number of rotatable bonds is 4. The minimum absolute atomic E-state index is 0.0998. The molecule has 0 spiro atoms. The van der Waals surface area contributed by atoms with Crippen molar-refractivity contribution in [2.75, 3.05) is 0 Å². The van der Waals surface area contributed by atoms with Gasteiger partial charge in [0, 0.05) is 12.6 Å². The number of carbonyl (C=O) groups excluding carboxylic acids is 1. The molecule has 148 valence electrons. The summed E-state index contributed by atoms with van der Waals surface area (Å²) >= 11 is 1.26. The fourth-order valence-corrected chi connectivity index (χ4v) is 4.60. The van der Waals surface area contributed by atoms with Crippen molar-refractivity contribution in [1.29, 1.82) is 0 Å². The van der Waals surface area contributed by atoms with Crippen LogP contribution in [0, 0.1) is 26.2 Å². The van der Waals surface area contributed by atoms with Gasteiger partial charge in [-0.05, 0) is 52.0 Å². The van der Waals surface area contributed by atoms with E-state index in [9.17, 15) is 9.59 Å². The van der Waals surface area contributed by atoms with Crippen molar-refractivity contribution in [3.63, 3.8) is 0 Å². The van der Waals surface area contributed by atoms with Crippen LogP contribution in [-0.4, -0.2) is 26.2 Å². The van der Waals surface area contributed by atoms with Crippen LogP contribution in [0.5, 0.6) is 0 Å². The smallest absolute Gasteiger partial charge is 0.277 e. The quantitative estimate of drug-likeness (QED) is 0.862. The highest BCUT2D eigenvalue weighted by molar-refractivity contribution is 7.17. The van der Waals surface area contributed by atoms with Crippen LogP contribution in [0.2, 0.25) is 0 Å². The molecular formula is C20H30N4O2S. The zero-order valence-electron chi connectivity index (χ0n) is 17.8. The van der Waals surface area contributed by atoms with Crippen molar-refractivity contribution in [1.82, 2.24) is 20.1 Å². The lowest BCUT2D eigenvalue weighted by Gasteiger charge is -2.33. The van der Waals surface area contributed by atoms with E-state index in [1.54, 1.807) is 14.0 Å². The molecule has 0 saturated heterocycles. The minimum atomic E-state index is -0.342. The summed E-state index contributed by atoms with van der Waals surface area (Å²) in [7, 11) is 1.63. The van der Waals surface area contributed by atoms with E-state index < -0.39 is 0 Å². The second kappa shape index (κ2) is 7.19. The lowest BCUT2D eigenvalue weighted by molar-refractivity contribution is 0.0895. The molecule has 1 amide bonds. The largest absolute Gasteiger partial charge is 0.346 e. The van der Waals surface area contributed by atoms with Gasteiger partial charge in [-0.2, -0.15) is 5.10 Å². The number of thiazole rings is 1. The maximum absolute atomic E-state index is 12.9. The molecule has 0 unspecified atom stereocenters. The Labute approximate surface area is 165 Å². The van der Waals surface area contributed by atoms with Crippen molar-refractivity contribution in [3.05, 3.63) is 32.2 Å². The minimum Gasteiger partial charge on any atom is -0.346 e. The van der Waals surface area contributed by atoms with Gasteiger partial charge in [0.2, 0.25) is 0 Å². The van der Waals surface area contributed by atoms with Crippen molar-refractivity contribution < 1.29 is 4.79 Å². The molecule has 7 heteroatoms. The van der Waals surface area contributed by atoms with Gasteiger partial charge in [0.15, 0.2) is 0 Å². The Bertz CT molecular complexity index is 933. The topological polar surface area (TPSA) is 76.9 Å². The van der Waals surface area contributed by atoms with Gasteiger partial charge >= 0.3 is 0 Å². The van der Waals surface area contributed by atoms with E-state index in [1.807, 2.05) is 27.7 Å². The van der Waals surface area contributed by atoms with Crippen LogP contribution in [0.3, 0.4) is 0 Å². The molecule has 0 fully saturated rings. The molecule has 1 N–H and O–H groups in total. The Morgan fingerprint density at radius 2 is 1.70 bits per heavy atom. The fourth-order valence-electron chi connectivity index (χ4n) is 3.55. The summed E-state index contributed by atoms with van der Waals surface area (Å²) in [5.74, 6) is -0.147. The zero-order valence-corrected chi connectivity index (χ0v) is 18.6. The average Bonchev–Trinajstić information content (AvgIpc) is 2.84.